The quantitative estimate of drug-likeness (QED) is 0.745. The molecule has 1 atom stereocenters. The van der Waals surface area contributed by atoms with Crippen LogP contribution in [-0.2, 0) is 11.3 Å². The summed E-state index contributed by atoms with van der Waals surface area (Å²) in [5.41, 5.74) is 1.03. The third-order valence-corrected chi connectivity index (χ3v) is 2.97. The van der Waals surface area contributed by atoms with Gasteiger partial charge in [0.05, 0.1) is 12.6 Å². The molecule has 1 heterocycles. The fourth-order valence-corrected chi connectivity index (χ4v) is 1.92. The number of nitrogens with zero attached hydrogens (tertiary/aromatic N) is 2. The maximum atomic E-state index is 12.1. The van der Waals surface area contributed by atoms with Gasteiger partial charge in [-0.15, -0.1) is 0 Å². The van der Waals surface area contributed by atoms with E-state index in [0.717, 1.165) is 5.56 Å². The van der Waals surface area contributed by atoms with Crippen molar-refractivity contribution in [2.24, 2.45) is 0 Å². The van der Waals surface area contributed by atoms with Crippen molar-refractivity contribution in [3.05, 3.63) is 48.3 Å². The van der Waals surface area contributed by atoms with Crippen molar-refractivity contribution >= 4 is 13.2 Å². The summed E-state index contributed by atoms with van der Waals surface area (Å²) in [4.78, 5) is 14.8. The number of amides is 1. The Hall–Kier alpha value is -1.79. The summed E-state index contributed by atoms with van der Waals surface area (Å²) in [5.74, 6) is -0.158. The Balaban J connectivity index is 2.12. The van der Waals surface area contributed by atoms with Crippen molar-refractivity contribution in [2.45, 2.75) is 19.5 Å². The maximum absolute atomic E-state index is 12.1. The molecule has 1 aromatic carbocycles. The first-order chi connectivity index (χ1) is 8.59. The molecule has 6 heteroatoms. The van der Waals surface area contributed by atoms with E-state index in [9.17, 15) is 4.79 Å². The van der Waals surface area contributed by atoms with Gasteiger partial charge in [0.1, 0.15) is 0 Å². The Morgan fingerprint density at radius 3 is 2.50 bits per heavy atom. The van der Waals surface area contributed by atoms with E-state index in [0.29, 0.717) is 6.54 Å². The Kier molecular flexibility index (Phi) is 3.69. The molecule has 1 aliphatic heterocycles. The molecule has 0 fully saturated rings. The molecule has 0 aromatic heterocycles. The summed E-state index contributed by atoms with van der Waals surface area (Å²) in [6, 6.07) is 9.06. The smallest absolute Gasteiger partial charge is 0.408 e. The fraction of sp³-hybridized carbons (Fsp3) is 0.250. The first kappa shape index (κ1) is 12.7. The topological polar surface area (TPSA) is 64.0 Å². The zero-order valence-corrected chi connectivity index (χ0v) is 10.1. The van der Waals surface area contributed by atoms with Gasteiger partial charge in [0, 0.05) is 12.4 Å². The van der Waals surface area contributed by atoms with Crippen LogP contribution in [0.25, 0.3) is 0 Å². The molecule has 0 bridgehead atoms. The molecule has 1 amide bonds. The van der Waals surface area contributed by atoms with Crippen molar-refractivity contribution in [1.82, 2.24) is 9.71 Å². The van der Waals surface area contributed by atoms with Crippen LogP contribution >= 0.6 is 0 Å². The third-order valence-electron chi connectivity index (χ3n) is 2.97. The Labute approximate surface area is 106 Å². The summed E-state index contributed by atoms with van der Waals surface area (Å²) in [7, 11) is -1.65. The van der Waals surface area contributed by atoms with Gasteiger partial charge in [0.15, 0.2) is 0 Å². The van der Waals surface area contributed by atoms with E-state index in [4.69, 9.17) is 10.0 Å². The van der Waals surface area contributed by atoms with Crippen molar-refractivity contribution < 1.29 is 14.8 Å². The van der Waals surface area contributed by atoms with Crippen LogP contribution in [0.1, 0.15) is 12.5 Å². The van der Waals surface area contributed by atoms with Gasteiger partial charge in [-0.05, 0) is 12.5 Å². The van der Waals surface area contributed by atoms with Crippen LogP contribution in [0.15, 0.2) is 42.7 Å². The molecule has 0 spiro atoms. The highest BCUT2D eigenvalue weighted by atomic mass is 16.4. The van der Waals surface area contributed by atoms with E-state index >= 15 is 0 Å². The minimum atomic E-state index is -1.65. The highest BCUT2D eigenvalue weighted by Gasteiger charge is 2.33. The minimum absolute atomic E-state index is 0.158. The van der Waals surface area contributed by atoms with E-state index < -0.39 is 13.3 Å². The molecule has 0 saturated heterocycles. The average molecular weight is 246 g/mol. The van der Waals surface area contributed by atoms with Crippen LogP contribution in [0.5, 0.6) is 0 Å². The molecule has 0 saturated carbocycles. The van der Waals surface area contributed by atoms with Gasteiger partial charge < -0.3 is 19.8 Å². The van der Waals surface area contributed by atoms with E-state index in [1.54, 1.807) is 18.0 Å². The molecule has 18 heavy (non-hydrogen) atoms. The number of rotatable bonds is 3. The van der Waals surface area contributed by atoms with Crippen molar-refractivity contribution in [2.75, 3.05) is 0 Å². The van der Waals surface area contributed by atoms with Crippen LogP contribution in [0, 0.1) is 0 Å². The average Bonchev–Trinajstić information content (AvgIpc) is 2.36. The van der Waals surface area contributed by atoms with Crippen molar-refractivity contribution in [3.63, 3.8) is 0 Å². The van der Waals surface area contributed by atoms with Gasteiger partial charge in [-0.2, -0.15) is 0 Å². The second-order valence-electron chi connectivity index (χ2n) is 4.22. The summed E-state index contributed by atoms with van der Waals surface area (Å²) < 4.78 is 0. The number of hydrogen-bond donors (Lipinski definition) is 2. The number of benzene rings is 1. The van der Waals surface area contributed by atoms with Crippen LogP contribution in [0.2, 0.25) is 0 Å². The Morgan fingerprint density at radius 1 is 1.22 bits per heavy atom. The normalized spacial score (nSPS) is 19.3. The lowest BCUT2D eigenvalue weighted by Crippen LogP contribution is -2.52. The monoisotopic (exact) mass is 246 g/mol. The van der Waals surface area contributed by atoms with Crippen LogP contribution in [0.4, 0.5) is 0 Å². The van der Waals surface area contributed by atoms with Gasteiger partial charge in [-0.1, -0.05) is 30.3 Å². The molecule has 1 unspecified atom stereocenters. The van der Waals surface area contributed by atoms with E-state index in [1.165, 1.54) is 11.0 Å². The zero-order chi connectivity index (χ0) is 13.1. The number of hydrogen-bond acceptors (Lipinski definition) is 4. The molecular formula is C12H15BN2O3. The van der Waals surface area contributed by atoms with Gasteiger partial charge in [-0.25, -0.2) is 0 Å². The van der Waals surface area contributed by atoms with Crippen molar-refractivity contribution in [1.29, 1.82) is 0 Å². The van der Waals surface area contributed by atoms with Gasteiger partial charge >= 0.3 is 7.25 Å². The molecule has 1 aromatic rings. The maximum Gasteiger partial charge on any atom is 0.587 e. The molecule has 2 N–H and O–H groups in total. The lowest BCUT2D eigenvalue weighted by molar-refractivity contribution is -0.133. The lowest BCUT2D eigenvalue weighted by Gasteiger charge is -2.34. The standard InChI is InChI=1S/C12H15BN2O3/c1-10-12(16)14(7-8-15(10)13(17)18)9-11-5-3-2-4-6-11/h2-8,10,17-18H,9H2,1H3. The third kappa shape index (κ3) is 2.55. The molecular weight excluding hydrogens is 231 g/mol. The first-order valence-electron chi connectivity index (χ1n) is 5.76. The summed E-state index contributed by atoms with van der Waals surface area (Å²) in [5, 5.41) is 18.2. The van der Waals surface area contributed by atoms with E-state index in [-0.39, 0.29) is 5.91 Å². The van der Waals surface area contributed by atoms with Gasteiger partial charge in [0.25, 0.3) is 0 Å². The van der Waals surface area contributed by atoms with Gasteiger partial charge in [0.2, 0.25) is 5.91 Å². The predicted molar refractivity (Wildman–Crippen MR) is 67.6 cm³/mol. The lowest BCUT2D eigenvalue weighted by atomic mass is 10.0. The predicted octanol–water partition coefficient (Wildman–Crippen LogP) is 0.160. The summed E-state index contributed by atoms with van der Waals surface area (Å²) in [6.45, 7) is 2.12. The molecule has 0 aliphatic carbocycles. The highest BCUT2D eigenvalue weighted by Crippen LogP contribution is 2.15. The second kappa shape index (κ2) is 5.24. The minimum Gasteiger partial charge on any atom is -0.408 e. The number of carbonyl (C=O) groups excluding carboxylic acids is 1. The molecule has 5 nitrogen and oxygen atoms in total. The number of carbonyl (C=O) groups is 1. The Bertz CT molecular complexity index is 450. The van der Waals surface area contributed by atoms with Crippen molar-refractivity contribution in [3.8, 4) is 0 Å². The molecule has 2 rings (SSSR count). The zero-order valence-electron chi connectivity index (χ0n) is 10.1. The second-order valence-corrected chi connectivity index (χ2v) is 4.22. The van der Waals surface area contributed by atoms with Gasteiger partial charge in [-0.3, -0.25) is 4.79 Å². The fourth-order valence-electron chi connectivity index (χ4n) is 1.92. The SMILES string of the molecule is CC1C(=O)N(Cc2ccccc2)C=CN1B(O)O. The Morgan fingerprint density at radius 2 is 1.89 bits per heavy atom. The molecule has 1 aliphatic rings. The molecule has 0 radical (unpaired) electrons. The highest BCUT2D eigenvalue weighted by molar-refractivity contribution is 6.38. The first-order valence-corrected chi connectivity index (χ1v) is 5.76. The van der Waals surface area contributed by atoms with Crippen LogP contribution in [0.3, 0.4) is 0 Å². The van der Waals surface area contributed by atoms with E-state index in [2.05, 4.69) is 0 Å². The van der Waals surface area contributed by atoms with Crippen LogP contribution in [-0.4, -0.2) is 39.0 Å². The summed E-state index contributed by atoms with van der Waals surface area (Å²) >= 11 is 0. The molecule has 94 valence electrons. The van der Waals surface area contributed by atoms with E-state index in [1.807, 2.05) is 30.3 Å². The van der Waals surface area contributed by atoms with Crippen LogP contribution < -0.4 is 0 Å². The summed E-state index contributed by atoms with van der Waals surface area (Å²) in [6.07, 6.45) is 3.08. The largest absolute Gasteiger partial charge is 0.587 e.